The first-order valence-electron chi connectivity index (χ1n) is 9.73. The van der Waals surface area contributed by atoms with E-state index in [2.05, 4.69) is 66.7 Å². The lowest BCUT2D eigenvalue weighted by Crippen LogP contribution is -1.95. The number of hydrogen-bond acceptors (Lipinski definition) is 2. The van der Waals surface area contributed by atoms with Crippen LogP contribution in [0, 0.1) is 0 Å². The number of phenolic OH excluding ortho intramolecular Hbond substituents is 2. The van der Waals surface area contributed by atoms with Gasteiger partial charge < -0.3 is 10.2 Å². The molecule has 0 aliphatic heterocycles. The molecule has 0 saturated carbocycles. The number of hydrogen-bond donors (Lipinski definition) is 2. The van der Waals surface area contributed by atoms with Crippen molar-refractivity contribution >= 4 is 10.8 Å². The summed E-state index contributed by atoms with van der Waals surface area (Å²) >= 11 is 0. The largest absolute Gasteiger partial charge is 0.508 e. The van der Waals surface area contributed by atoms with E-state index in [1.165, 1.54) is 33.5 Å². The van der Waals surface area contributed by atoms with Crippen molar-refractivity contribution in [1.82, 2.24) is 0 Å². The molecule has 4 aromatic rings. The second-order valence-corrected chi connectivity index (χ2v) is 7.36. The summed E-state index contributed by atoms with van der Waals surface area (Å²) < 4.78 is 0. The Labute approximate surface area is 165 Å². The van der Waals surface area contributed by atoms with Gasteiger partial charge >= 0.3 is 0 Å². The van der Waals surface area contributed by atoms with Crippen molar-refractivity contribution in [3.8, 4) is 11.5 Å². The molecule has 0 aliphatic carbocycles. The molecular weight excluding hydrogens is 344 g/mol. The summed E-state index contributed by atoms with van der Waals surface area (Å²) in [5.41, 5.74) is 4.92. The summed E-state index contributed by atoms with van der Waals surface area (Å²) in [5.74, 6) is 0.221. The fraction of sp³-hybridized carbons (Fsp3) is 0.154. The molecule has 0 radical (unpaired) electrons. The Morgan fingerprint density at radius 3 is 1.68 bits per heavy atom. The molecule has 0 bridgehead atoms. The second kappa shape index (κ2) is 8.18. The monoisotopic (exact) mass is 368 g/mol. The van der Waals surface area contributed by atoms with Crippen LogP contribution in [0.25, 0.3) is 10.8 Å². The molecule has 2 N–H and O–H groups in total. The van der Waals surface area contributed by atoms with Gasteiger partial charge in [-0.25, -0.2) is 0 Å². The number of benzene rings is 4. The van der Waals surface area contributed by atoms with E-state index in [4.69, 9.17) is 0 Å². The van der Waals surface area contributed by atoms with Crippen molar-refractivity contribution in [2.45, 2.75) is 25.7 Å². The minimum atomic E-state index is 0.110. The lowest BCUT2D eigenvalue weighted by molar-refractivity contribution is 0.449. The molecule has 0 aromatic heterocycles. The van der Waals surface area contributed by atoms with Crippen LogP contribution in [-0.2, 0) is 25.7 Å². The van der Waals surface area contributed by atoms with Gasteiger partial charge in [-0.2, -0.15) is 0 Å². The van der Waals surface area contributed by atoms with Gasteiger partial charge in [-0.3, -0.25) is 0 Å². The summed E-state index contributed by atoms with van der Waals surface area (Å²) in [5, 5.41) is 21.8. The molecule has 0 fully saturated rings. The number of aromatic hydroxyl groups is 2. The number of rotatable bonds is 6. The van der Waals surface area contributed by atoms with Crippen molar-refractivity contribution < 1.29 is 10.2 Å². The molecule has 2 heteroatoms. The summed E-state index contributed by atoms with van der Waals surface area (Å²) in [6.07, 6.45) is 3.70. The molecule has 0 aliphatic rings. The topological polar surface area (TPSA) is 40.5 Å². The smallest absolute Gasteiger partial charge is 0.119 e. The van der Waals surface area contributed by atoms with Crippen molar-refractivity contribution in [3.05, 3.63) is 107 Å². The maximum Gasteiger partial charge on any atom is 0.119 e. The lowest BCUT2D eigenvalue weighted by Gasteiger charge is -2.08. The maximum absolute atomic E-state index is 9.62. The number of phenols is 2. The SMILES string of the molecule is Oc1cc(O)cc(CCc2cccc(CCc3ccc4ccccc4c3)c2)c1. The van der Waals surface area contributed by atoms with Gasteiger partial charge in [-0.05, 0) is 70.8 Å². The van der Waals surface area contributed by atoms with Crippen LogP contribution >= 0.6 is 0 Å². The molecule has 0 atom stereocenters. The van der Waals surface area contributed by atoms with Crippen molar-refractivity contribution in [3.63, 3.8) is 0 Å². The zero-order valence-corrected chi connectivity index (χ0v) is 15.8. The average Bonchev–Trinajstić information content (AvgIpc) is 2.70. The fourth-order valence-corrected chi connectivity index (χ4v) is 3.71. The Balaban J connectivity index is 1.40. The van der Waals surface area contributed by atoms with Gasteiger partial charge in [0.2, 0.25) is 0 Å². The first-order chi connectivity index (χ1) is 13.7. The van der Waals surface area contributed by atoms with E-state index in [9.17, 15) is 10.2 Å². The van der Waals surface area contributed by atoms with E-state index in [1.807, 2.05) is 0 Å². The summed E-state index contributed by atoms with van der Waals surface area (Å²) in [6, 6.07) is 28.7. The van der Waals surface area contributed by atoms with Crippen LogP contribution < -0.4 is 0 Å². The van der Waals surface area contributed by atoms with Gasteiger partial charge in [0.25, 0.3) is 0 Å². The van der Waals surface area contributed by atoms with E-state index < -0.39 is 0 Å². The molecule has 0 amide bonds. The Bertz CT molecular complexity index is 1080. The second-order valence-electron chi connectivity index (χ2n) is 7.36. The van der Waals surface area contributed by atoms with Gasteiger partial charge in [0.05, 0.1) is 0 Å². The third-order valence-electron chi connectivity index (χ3n) is 5.17. The average molecular weight is 368 g/mol. The summed E-state index contributed by atoms with van der Waals surface area (Å²) in [4.78, 5) is 0. The van der Waals surface area contributed by atoms with Crippen molar-refractivity contribution in [2.24, 2.45) is 0 Å². The van der Waals surface area contributed by atoms with Crippen LogP contribution in [0.2, 0.25) is 0 Å². The zero-order chi connectivity index (χ0) is 19.3. The molecule has 28 heavy (non-hydrogen) atoms. The minimum Gasteiger partial charge on any atom is -0.508 e. The molecule has 0 saturated heterocycles. The molecule has 4 rings (SSSR count). The van der Waals surface area contributed by atoms with Gasteiger partial charge in [-0.1, -0.05) is 66.7 Å². The Kier molecular flexibility index (Phi) is 5.29. The molecule has 0 unspecified atom stereocenters. The fourth-order valence-electron chi connectivity index (χ4n) is 3.71. The van der Waals surface area contributed by atoms with E-state index >= 15 is 0 Å². The molecule has 0 spiro atoms. The van der Waals surface area contributed by atoms with Crippen LogP contribution in [0.3, 0.4) is 0 Å². The highest BCUT2D eigenvalue weighted by molar-refractivity contribution is 5.82. The molecule has 2 nitrogen and oxygen atoms in total. The molecule has 4 aromatic carbocycles. The summed E-state index contributed by atoms with van der Waals surface area (Å²) in [6.45, 7) is 0. The summed E-state index contributed by atoms with van der Waals surface area (Å²) in [7, 11) is 0. The van der Waals surface area contributed by atoms with E-state index in [1.54, 1.807) is 12.1 Å². The predicted octanol–water partition coefficient (Wildman–Crippen LogP) is 5.82. The van der Waals surface area contributed by atoms with Crippen LogP contribution in [-0.4, -0.2) is 10.2 Å². The third-order valence-corrected chi connectivity index (χ3v) is 5.17. The standard InChI is InChI=1S/C26H24O2/c27-25-16-22(17-26(28)18-25)11-10-20-5-3-4-19(14-20)8-9-21-12-13-23-6-1-2-7-24(23)15-21/h1-7,12-18,27-28H,8-11H2. The van der Waals surface area contributed by atoms with Gasteiger partial charge in [0.1, 0.15) is 11.5 Å². The van der Waals surface area contributed by atoms with Gasteiger partial charge in [-0.15, -0.1) is 0 Å². The van der Waals surface area contributed by atoms with Crippen molar-refractivity contribution in [1.29, 1.82) is 0 Å². The van der Waals surface area contributed by atoms with E-state index in [0.29, 0.717) is 0 Å². The highest BCUT2D eigenvalue weighted by Gasteiger charge is 2.03. The van der Waals surface area contributed by atoms with Gasteiger partial charge in [0.15, 0.2) is 0 Å². The van der Waals surface area contributed by atoms with Crippen molar-refractivity contribution in [2.75, 3.05) is 0 Å². The highest BCUT2D eigenvalue weighted by Crippen LogP contribution is 2.22. The number of fused-ring (bicyclic) bond motifs is 1. The number of aryl methyl sites for hydroxylation is 4. The Morgan fingerprint density at radius 2 is 1.00 bits per heavy atom. The molecular formula is C26H24O2. The minimum absolute atomic E-state index is 0.110. The molecule has 140 valence electrons. The van der Waals surface area contributed by atoms with Crippen LogP contribution in [0.4, 0.5) is 0 Å². The van der Waals surface area contributed by atoms with E-state index in [-0.39, 0.29) is 11.5 Å². The Hall–Kier alpha value is -3.26. The lowest BCUT2D eigenvalue weighted by atomic mass is 9.98. The highest BCUT2D eigenvalue weighted by atomic mass is 16.3. The predicted molar refractivity (Wildman–Crippen MR) is 115 cm³/mol. The van der Waals surface area contributed by atoms with Gasteiger partial charge in [0, 0.05) is 6.07 Å². The zero-order valence-electron chi connectivity index (χ0n) is 15.8. The third kappa shape index (κ3) is 4.52. The van der Waals surface area contributed by atoms with Crippen LogP contribution in [0.5, 0.6) is 11.5 Å². The maximum atomic E-state index is 9.62. The van der Waals surface area contributed by atoms with Crippen LogP contribution in [0.1, 0.15) is 22.3 Å². The van der Waals surface area contributed by atoms with E-state index in [0.717, 1.165) is 31.2 Å². The molecule has 0 heterocycles. The van der Waals surface area contributed by atoms with Crippen LogP contribution in [0.15, 0.2) is 84.9 Å². The first kappa shape index (κ1) is 18.1. The normalized spacial score (nSPS) is 11.0. The quantitative estimate of drug-likeness (QED) is 0.450. The Morgan fingerprint density at radius 1 is 0.429 bits per heavy atom. The first-order valence-corrected chi connectivity index (χ1v) is 9.73.